The van der Waals surface area contributed by atoms with E-state index in [1.807, 2.05) is 6.92 Å². The number of hydrogen-bond donors (Lipinski definition) is 2. The van der Waals surface area contributed by atoms with Crippen LogP contribution < -0.4 is 0 Å². The molecule has 0 saturated carbocycles. The van der Waals surface area contributed by atoms with Gasteiger partial charge in [-0.25, -0.2) is 4.79 Å². The van der Waals surface area contributed by atoms with Crippen LogP contribution >= 0.6 is 0 Å². The smallest absolute Gasteiger partial charge is 0.334 e. The van der Waals surface area contributed by atoms with Crippen LogP contribution in [0.3, 0.4) is 0 Å². The maximum atomic E-state index is 11.2. The highest BCUT2D eigenvalue weighted by Crippen LogP contribution is 2.21. The number of methoxy groups -OCH3 is 1. The summed E-state index contributed by atoms with van der Waals surface area (Å²) in [4.78, 5) is 11.2. The first-order valence-corrected chi connectivity index (χ1v) is 5.38. The van der Waals surface area contributed by atoms with Gasteiger partial charge in [0.2, 0.25) is 0 Å². The second kappa shape index (κ2) is 5.86. The molecule has 0 radical (unpaired) electrons. The first-order chi connectivity index (χ1) is 7.56. The highest BCUT2D eigenvalue weighted by atomic mass is 16.6. The molecule has 1 rings (SSSR count). The summed E-state index contributed by atoms with van der Waals surface area (Å²) in [7, 11) is 1.47. The Kier molecular flexibility index (Phi) is 4.76. The van der Waals surface area contributed by atoms with Crippen LogP contribution in [0.25, 0.3) is 0 Å². The van der Waals surface area contributed by atoms with E-state index in [1.165, 1.54) is 13.2 Å². The lowest BCUT2D eigenvalue weighted by Crippen LogP contribution is -2.36. The first-order valence-electron chi connectivity index (χ1n) is 5.38. The van der Waals surface area contributed by atoms with Crippen molar-refractivity contribution in [2.24, 2.45) is 0 Å². The lowest BCUT2D eigenvalue weighted by Gasteiger charge is -2.27. The van der Waals surface area contributed by atoms with Gasteiger partial charge in [-0.3, -0.25) is 0 Å². The van der Waals surface area contributed by atoms with Crippen molar-refractivity contribution in [1.82, 2.24) is 0 Å². The molecule has 0 saturated heterocycles. The fourth-order valence-corrected chi connectivity index (χ4v) is 1.57. The van der Waals surface area contributed by atoms with Crippen molar-refractivity contribution >= 4 is 5.97 Å². The number of ether oxygens (including phenoxy) is 2. The molecule has 1 heterocycles. The molecule has 0 fully saturated rings. The van der Waals surface area contributed by atoms with E-state index in [0.29, 0.717) is 18.6 Å². The topological polar surface area (TPSA) is 76.0 Å². The van der Waals surface area contributed by atoms with Crippen LogP contribution in [0.4, 0.5) is 0 Å². The summed E-state index contributed by atoms with van der Waals surface area (Å²) in [6, 6.07) is 0. The maximum Gasteiger partial charge on any atom is 0.334 e. The molecule has 0 unspecified atom stereocenters. The zero-order valence-electron chi connectivity index (χ0n) is 9.55. The monoisotopic (exact) mass is 230 g/mol. The van der Waals surface area contributed by atoms with Crippen LogP contribution in [0.2, 0.25) is 0 Å². The van der Waals surface area contributed by atoms with Crippen molar-refractivity contribution in [2.45, 2.75) is 44.5 Å². The third kappa shape index (κ3) is 3.50. The Morgan fingerprint density at radius 1 is 1.62 bits per heavy atom. The third-order valence-electron chi connectivity index (χ3n) is 2.62. The van der Waals surface area contributed by atoms with Crippen LogP contribution in [0.15, 0.2) is 11.8 Å². The molecule has 0 bridgehead atoms. The Morgan fingerprint density at radius 3 is 2.88 bits per heavy atom. The van der Waals surface area contributed by atoms with E-state index < -0.39 is 24.3 Å². The van der Waals surface area contributed by atoms with E-state index >= 15 is 0 Å². The third-order valence-corrected chi connectivity index (χ3v) is 2.62. The zero-order chi connectivity index (χ0) is 12.1. The van der Waals surface area contributed by atoms with Crippen LogP contribution in [-0.2, 0) is 14.3 Å². The molecule has 5 heteroatoms. The SMILES string of the molecule is CC[C@@H](O)C[C@@H](O)[C@@H]1CC(OC)=CC(=O)O1. The number of cyclic esters (lactones) is 1. The van der Waals surface area contributed by atoms with Crippen LogP contribution in [0, 0.1) is 0 Å². The maximum absolute atomic E-state index is 11.2. The summed E-state index contributed by atoms with van der Waals surface area (Å²) < 4.78 is 9.93. The molecule has 0 amide bonds. The van der Waals surface area contributed by atoms with Gasteiger partial charge in [0.05, 0.1) is 25.4 Å². The molecule has 3 atom stereocenters. The number of hydrogen-bond acceptors (Lipinski definition) is 5. The predicted molar refractivity (Wildman–Crippen MR) is 56.5 cm³/mol. The quantitative estimate of drug-likeness (QED) is 0.667. The minimum Gasteiger partial charge on any atom is -0.501 e. The molecular weight excluding hydrogens is 212 g/mol. The molecule has 1 aliphatic rings. The standard InChI is InChI=1S/C11H18O5/c1-3-7(12)4-9(13)10-5-8(15-2)6-11(14)16-10/h6-7,9-10,12-13H,3-5H2,1-2H3/t7-,9-,10+/m1/s1. The van der Waals surface area contributed by atoms with Gasteiger partial charge in [0.25, 0.3) is 0 Å². The summed E-state index contributed by atoms with van der Waals surface area (Å²) in [5, 5.41) is 19.2. The molecule has 0 aliphatic carbocycles. The summed E-state index contributed by atoms with van der Waals surface area (Å²) in [6.07, 6.45) is 0.298. The Balaban J connectivity index is 2.55. The van der Waals surface area contributed by atoms with Crippen molar-refractivity contribution < 1.29 is 24.5 Å². The van der Waals surface area contributed by atoms with Gasteiger partial charge in [-0.1, -0.05) is 6.92 Å². The van der Waals surface area contributed by atoms with E-state index in [-0.39, 0.29) is 6.42 Å². The highest BCUT2D eigenvalue weighted by Gasteiger charge is 2.29. The second-order valence-electron chi connectivity index (χ2n) is 3.86. The van der Waals surface area contributed by atoms with Crippen molar-refractivity contribution in [3.05, 3.63) is 11.8 Å². The van der Waals surface area contributed by atoms with Crippen molar-refractivity contribution in [1.29, 1.82) is 0 Å². The van der Waals surface area contributed by atoms with Crippen molar-refractivity contribution in [3.8, 4) is 0 Å². The van der Waals surface area contributed by atoms with E-state index in [4.69, 9.17) is 9.47 Å². The molecule has 0 aromatic rings. The van der Waals surface area contributed by atoms with Gasteiger partial charge >= 0.3 is 5.97 Å². The van der Waals surface area contributed by atoms with Crippen LogP contribution in [-0.4, -0.2) is 41.6 Å². The number of carbonyl (C=O) groups excluding carboxylic acids is 1. The Hall–Kier alpha value is -1.07. The minimum atomic E-state index is -0.863. The largest absolute Gasteiger partial charge is 0.501 e. The van der Waals surface area contributed by atoms with Gasteiger partial charge < -0.3 is 19.7 Å². The van der Waals surface area contributed by atoms with E-state index in [2.05, 4.69) is 0 Å². The Morgan fingerprint density at radius 2 is 2.31 bits per heavy atom. The molecule has 2 N–H and O–H groups in total. The van der Waals surface area contributed by atoms with Gasteiger partial charge in [-0.15, -0.1) is 0 Å². The molecule has 0 spiro atoms. The van der Waals surface area contributed by atoms with E-state index in [9.17, 15) is 15.0 Å². The zero-order valence-corrected chi connectivity index (χ0v) is 9.55. The van der Waals surface area contributed by atoms with Gasteiger partial charge in [0, 0.05) is 12.8 Å². The molecular formula is C11H18O5. The normalized spacial score (nSPS) is 24.4. The average molecular weight is 230 g/mol. The molecule has 0 aromatic carbocycles. The van der Waals surface area contributed by atoms with Crippen molar-refractivity contribution in [2.75, 3.05) is 7.11 Å². The lowest BCUT2D eigenvalue weighted by atomic mass is 10.0. The number of aliphatic hydroxyl groups excluding tert-OH is 2. The number of esters is 1. The van der Waals surface area contributed by atoms with Gasteiger partial charge in [0.1, 0.15) is 11.9 Å². The summed E-state index contributed by atoms with van der Waals surface area (Å²) in [6.45, 7) is 1.82. The molecule has 16 heavy (non-hydrogen) atoms. The Bertz CT molecular complexity index is 274. The molecule has 92 valence electrons. The number of carbonyl (C=O) groups is 1. The average Bonchev–Trinajstić information content (AvgIpc) is 2.27. The predicted octanol–water partition coefficient (Wildman–Crippen LogP) is 0.354. The highest BCUT2D eigenvalue weighted by molar-refractivity contribution is 5.83. The van der Waals surface area contributed by atoms with Crippen LogP contribution in [0.5, 0.6) is 0 Å². The van der Waals surface area contributed by atoms with Gasteiger partial charge in [0.15, 0.2) is 0 Å². The van der Waals surface area contributed by atoms with Crippen LogP contribution in [0.1, 0.15) is 26.2 Å². The summed E-state index contributed by atoms with van der Waals surface area (Å²) in [5.41, 5.74) is 0. The molecule has 5 nitrogen and oxygen atoms in total. The van der Waals surface area contributed by atoms with E-state index in [0.717, 1.165) is 0 Å². The fourth-order valence-electron chi connectivity index (χ4n) is 1.57. The summed E-state index contributed by atoms with van der Waals surface area (Å²) >= 11 is 0. The Labute approximate surface area is 94.7 Å². The number of aliphatic hydroxyl groups is 2. The first kappa shape index (κ1) is 13.0. The fraction of sp³-hybridized carbons (Fsp3) is 0.727. The lowest BCUT2D eigenvalue weighted by molar-refractivity contribution is -0.153. The minimum absolute atomic E-state index is 0.200. The van der Waals surface area contributed by atoms with Gasteiger partial charge in [-0.2, -0.15) is 0 Å². The molecule has 0 aromatic heterocycles. The molecule has 1 aliphatic heterocycles. The van der Waals surface area contributed by atoms with E-state index in [1.54, 1.807) is 0 Å². The summed E-state index contributed by atoms with van der Waals surface area (Å²) in [5.74, 6) is -0.0237. The van der Waals surface area contributed by atoms with Gasteiger partial charge in [-0.05, 0) is 6.42 Å². The number of rotatable bonds is 5. The van der Waals surface area contributed by atoms with Crippen molar-refractivity contribution in [3.63, 3.8) is 0 Å². The second-order valence-corrected chi connectivity index (χ2v) is 3.86.